The molecule has 26 heavy (non-hydrogen) atoms. The number of methoxy groups -OCH3 is 1. The van der Waals surface area contributed by atoms with Gasteiger partial charge < -0.3 is 10.1 Å². The van der Waals surface area contributed by atoms with E-state index < -0.39 is 15.6 Å². The Morgan fingerprint density at radius 3 is 2.19 bits per heavy atom. The molecule has 0 radical (unpaired) electrons. The molecule has 2 aromatic rings. The first-order valence-corrected chi connectivity index (χ1v) is 9.87. The summed E-state index contributed by atoms with van der Waals surface area (Å²) < 4.78 is 32.8. The van der Waals surface area contributed by atoms with Gasteiger partial charge >= 0.3 is 0 Å². The zero-order valence-electron chi connectivity index (χ0n) is 15.5. The summed E-state index contributed by atoms with van der Waals surface area (Å²) in [6.07, 6.45) is 0. The van der Waals surface area contributed by atoms with Crippen molar-refractivity contribution in [2.75, 3.05) is 12.4 Å². The van der Waals surface area contributed by atoms with Crippen molar-refractivity contribution in [3.05, 3.63) is 60.2 Å². The number of hydrogen-bond donors (Lipinski definition) is 2. The molecule has 0 spiro atoms. The zero-order chi connectivity index (χ0) is 19.2. The standard InChI is InChI=1S/C19H25N3O3S/c1-19(2,3)21-18(20-16-10-12-17(25-4)13-11-16)22-26(23,24)14-15-8-6-5-7-9-15/h5-13H,14H2,1-4H3,(H2,20,21,22). The van der Waals surface area contributed by atoms with E-state index in [0.29, 0.717) is 11.3 Å². The lowest BCUT2D eigenvalue weighted by Crippen LogP contribution is -2.38. The monoisotopic (exact) mass is 375 g/mol. The van der Waals surface area contributed by atoms with Gasteiger partial charge in [-0.05, 0) is 50.6 Å². The van der Waals surface area contributed by atoms with Crippen molar-refractivity contribution in [1.82, 2.24) is 4.72 Å². The molecule has 6 nitrogen and oxygen atoms in total. The molecule has 0 saturated carbocycles. The van der Waals surface area contributed by atoms with E-state index in [4.69, 9.17) is 4.74 Å². The molecule has 0 aliphatic heterocycles. The normalized spacial score (nSPS) is 12.5. The van der Waals surface area contributed by atoms with Gasteiger partial charge in [0.05, 0.1) is 18.4 Å². The van der Waals surface area contributed by atoms with Crippen molar-refractivity contribution in [2.45, 2.75) is 32.1 Å². The summed E-state index contributed by atoms with van der Waals surface area (Å²) in [4.78, 5) is 4.46. The van der Waals surface area contributed by atoms with Crippen LogP contribution in [0.2, 0.25) is 0 Å². The first-order chi connectivity index (χ1) is 12.2. The van der Waals surface area contributed by atoms with Gasteiger partial charge in [-0.25, -0.2) is 13.4 Å². The van der Waals surface area contributed by atoms with Crippen molar-refractivity contribution in [3.63, 3.8) is 0 Å². The molecule has 0 saturated heterocycles. The van der Waals surface area contributed by atoms with Crippen LogP contribution in [0.25, 0.3) is 0 Å². The van der Waals surface area contributed by atoms with Crippen LogP contribution >= 0.6 is 0 Å². The van der Waals surface area contributed by atoms with Gasteiger partial charge in [0.2, 0.25) is 16.0 Å². The minimum absolute atomic E-state index is 0.124. The molecule has 0 bridgehead atoms. The number of nitrogens with zero attached hydrogens (tertiary/aromatic N) is 1. The second kappa shape index (κ2) is 8.23. The van der Waals surface area contributed by atoms with E-state index in [-0.39, 0.29) is 11.7 Å². The van der Waals surface area contributed by atoms with Crippen molar-refractivity contribution in [2.24, 2.45) is 4.99 Å². The summed E-state index contributed by atoms with van der Waals surface area (Å²) in [6.45, 7) is 5.69. The predicted molar refractivity (Wildman–Crippen MR) is 106 cm³/mol. The fraction of sp³-hybridized carbons (Fsp3) is 0.316. The number of hydrogen-bond acceptors (Lipinski definition) is 4. The zero-order valence-corrected chi connectivity index (χ0v) is 16.3. The fourth-order valence-corrected chi connectivity index (χ4v) is 3.29. The van der Waals surface area contributed by atoms with Crippen LogP contribution in [0.5, 0.6) is 5.75 Å². The van der Waals surface area contributed by atoms with Crippen molar-refractivity contribution >= 4 is 21.7 Å². The number of rotatable bonds is 5. The maximum atomic E-state index is 12.5. The largest absolute Gasteiger partial charge is 0.497 e. The predicted octanol–water partition coefficient (Wildman–Crippen LogP) is 3.38. The molecule has 0 aromatic heterocycles. The first-order valence-electron chi connectivity index (χ1n) is 8.22. The van der Waals surface area contributed by atoms with Crippen molar-refractivity contribution in [3.8, 4) is 5.75 Å². The molecule has 0 amide bonds. The summed E-state index contributed by atoms with van der Waals surface area (Å²) in [7, 11) is -2.02. The third-order valence-electron chi connectivity index (χ3n) is 3.25. The minimum atomic E-state index is -3.61. The summed E-state index contributed by atoms with van der Waals surface area (Å²) in [5, 5.41) is 3.03. The first kappa shape index (κ1) is 19.8. The van der Waals surface area contributed by atoms with Crippen LogP contribution in [-0.4, -0.2) is 27.0 Å². The molecule has 0 aliphatic rings. The summed E-state index contributed by atoms with van der Waals surface area (Å²) in [5.41, 5.74) is 0.958. The van der Waals surface area contributed by atoms with E-state index in [9.17, 15) is 8.42 Å². The SMILES string of the molecule is COc1ccc(NC(=NC(C)(C)C)NS(=O)(=O)Cc2ccccc2)cc1. The third-order valence-corrected chi connectivity index (χ3v) is 4.47. The Morgan fingerprint density at radius 2 is 1.65 bits per heavy atom. The molecule has 140 valence electrons. The Morgan fingerprint density at radius 1 is 1.04 bits per heavy atom. The highest BCUT2D eigenvalue weighted by Gasteiger charge is 2.17. The van der Waals surface area contributed by atoms with Gasteiger partial charge in [-0.1, -0.05) is 30.3 Å². The second-order valence-electron chi connectivity index (χ2n) is 6.83. The Labute approximate surface area is 155 Å². The van der Waals surface area contributed by atoms with Gasteiger partial charge in [-0.3, -0.25) is 4.72 Å². The molecule has 2 N–H and O–H groups in total. The van der Waals surface area contributed by atoms with Crippen LogP contribution in [0.4, 0.5) is 5.69 Å². The van der Waals surface area contributed by atoms with Crippen LogP contribution in [0, 0.1) is 0 Å². The van der Waals surface area contributed by atoms with Crippen LogP contribution in [0.3, 0.4) is 0 Å². The van der Waals surface area contributed by atoms with E-state index >= 15 is 0 Å². The van der Waals surface area contributed by atoms with E-state index in [2.05, 4.69) is 15.0 Å². The van der Waals surface area contributed by atoms with E-state index in [1.54, 1.807) is 43.5 Å². The minimum Gasteiger partial charge on any atom is -0.497 e. The highest BCUT2D eigenvalue weighted by atomic mass is 32.2. The molecule has 0 heterocycles. The van der Waals surface area contributed by atoms with E-state index in [1.165, 1.54) is 0 Å². The van der Waals surface area contributed by atoms with Gasteiger partial charge in [0.15, 0.2) is 0 Å². The average Bonchev–Trinajstić information content (AvgIpc) is 2.54. The highest BCUT2D eigenvalue weighted by Crippen LogP contribution is 2.16. The van der Waals surface area contributed by atoms with Crippen LogP contribution in [-0.2, 0) is 15.8 Å². The number of guanidine groups is 1. The second-order valence-corrected chi connectivity index (χ2v) is 8.55. The molecule has 2 aromatic carbocycles. The lowest BCUT2D eigenvalue weighted by Gasteiger charge is -2.19. The Kier molecular flexibility index (Phi) is 6.26. The highest BCUT2D eigenvalue weighted by molar-refractivity contribution is 7.89. The number of ether oxygens (including phenoxy) is 1. The molecule has 0 unspecified atom stereocenters. The summed E-state index contributed by atoms with van der Waals surface area (Å²) >= 11 is 0. The molecule has 0 atom stereocenters. The molecular weight excluding hydrogens is 350 g/mol. The summed E-state index contributed by atoms with van der Waals surface area (Å²) in [5.74, 6) is 0.773. The smallest absolute Gasteiger partial charge is 0.239 e. The van der Waals surface area contributed by atoms with Crippen LogP contribution < -0.4 is 14.8 Å². The number of sulfonamides is 1. The van der Waals surface area contributed by atoms with Crippen LogP contribution in [0.1, 0.15) is 26.3 Å². The average molecular weight is 375 g/mol. The molecule has 0 aliphatic carbocycles. The molecule has 2 rings (SSSR count). The van der Waals surface area contributed by atoms with Gasteiger partial charge in [0.25, 0.3) is 0 Å². The third kappa shape index (κ3) is 6.76. The number of aliphatic imine (C=N–C) groups is 1. The van der Waals surface area contributed by atoms with Crippen molar-refractivity contribution in [1.29, 1.82) is 0 Å². The maximum Gasteiger partial charge on any atom is 0.239 e. The van der Waals surface area contributed by atoms with Crippen LogP contribution in [0.15, 0.2) is 59.6 Å². The number of benzene rings is 2. The van der Waals surface area contributed by atoms with Crippen molar-refractivity contribution < 1.29 is 13.2 Å². The Hall–Kier alpha value is -2.54. The van der Waals surface area contributed by atoms with E-state index in [1.807, 2.05) is 39.0 Å². The fourth-order valence-electron chi connectivity index (χ4n) is 2.20. The van der Waals surface area contributed by atoms with Gasteiger partial charge in [0.1, 0.15) is 5.75 Å². The number of anilines is 1. The lowest BCUT2D eigenvalue weighted by atomic mass is 10.1. The quantitative estimate of drug-likeness (QED) is 0.620. The number of nitrogens with one attached hydrogen (secondary N) is 2. The molecule has 7 heteroatoms. The molecular formula is C19H25N3O3S. The Balaban J connectivity index is 2.20. The Bertz CT molecular complexity index is 840. The molecule has 0 fully saturated rings. The van der Waals surface area contributed by atoms with Gasteiger partial charge in [-0.15, -0.1) is 0 Å². The maximum absolute atomic E-state index is 12.5. The van der Waals surface area contributed by atoms with Gasteiger partial charge in [-0.2, -0.15) is 0 Å². The van der Waals surface area contributed by atoms with Gasteiger partial charge in [0, 0.05) is 5.69 Å². The summed E-state index contributed by atoms with van der Waals surface area (Å²) in [6, 6.07) is 16.2. The van der Waals surface area contributed by atoms with E-state index in [0.717, 1.165) is 5.75 Å². The topological polar surface area (TPSA) is 79.8 Å². The lowest BCUT2D eigenvalue weighted by molar-refractivity contribution is 0.415.